The van der Waals surface area contributed by atoms with Crippen molar-refractivity contribution in [2.24, 2.45) is 17.3 Å². The Morgan fingerprint density at radius 3 is 2.82 bits per heavy atom. The average molecular weight is 229 g/mol. The zero-order valence-electron chi connectivity index (χ0n) is 10.5. The minimum Gasteiger partial charge on any atom is -0.313 e. The number of likely N-dealkylation sites (N-methyl/N-ethyl adjacent to an activating group) is 1. The largest absolute Gasteiger partial charge is 0.313 e. The highest BCUT2D eigenvalue weighted by molar-refractivity contribution is 5.37. The van der Waals surface area contributed by atoms with Crippen LogP contribution in [0, 0.1) is 17.3 Å². The fourth-order valence-electron chi connectivity index (χ4n) is 5.05. The maximum Gasteiger partial charge on any atom is 0.0201 e. The highest BCUT2D eigenvalue weighted by atomic mass is 15.0. The summed E-state index contributed by atoms with van der Waals surface area (Å²) in [7, 11) is 0. The van der Waals surface area contributed by atoms with E-state index in [1.807, 2.05) is 0 Å². The Bertz CT molecular complexity index is 432. The Morgan fingerprint density at radius 2 is 2.12 bits per heavy atom. The summed E-state index contributed by atoms with van der Waals surface area (Å²) < 4.78 is 0. The van der Waals surface area contributed by atoms with E-state index < -0.39 is 0 Å². The molecule has 5 unspecified atom stereocenters. The second-order valence-corrected chi connectivity index (χ2v) is 6.17. The lowest BCUT2D eigenvalue weighted by atomic mass is 9.56. The minimum atomic E-state index is 0. The third-order valence-electron chi connectivity index (χ3n) is 5.70. The zero-order chi connectivity index (χ0) is 11.5. The van der Waals surface area contributed by atoms with Gasteiger partial charge in [-0.25, -0.2) is 0 Å². The molecule has 0 radical (unpaired) electrons. The summed E-state index contributed by atoms with van der Waals surface area (Å²) in [4.78, 5) is 0. The van der Waals surface area contributed by atoms with Gasteiger partial charge >= 0.3 is 0 Å². The Balaban J connectivity index is 0.000001000. The lowest BCUT2D eigenvalue weighted by Crippen LogP contribution is -2.57. The maximum atomic E-state index is 3.78. The molecule has 0 saturated heterocycles. The van der Waals surface area contributed by atoms with E-state index in [1.54, 1.807) is 5.56 Å². The molecular formula is C16H23N. The normalized spacial score (nSPS) is 45.9. The molecule has 1 spiro atoms. The van der Waals surface area contributed by atoms with E-state index in [4.69, 9.17) is 0 Å². The number of hydrogen-bond donors (Lipinski definition) is 1. The third-order valence-corrected chi connectivity index (χ3v) is 5.70. The smallest absolute Gasteiger partial charge is 0.0201 e. The SMILES string of the molecule is CCNC1C(c2ccccc2)C2CCC3CC321.[HH]. The second kappa shape index (κ2) is 3.35. The van der Waals surface area contributed by atoms with Gasteiger partial charge in [0.2, 0.25) is 0 Å². The van der Waals surface area contributed by atoms with E-state index in [0.29, 0.717) is 0 Å². The molecule has 3 aliphatic rings. The molecular weight excluding hydrogens is 206 g/mol. The van der Waals surface area contributed by atoms with Crippen molar-refractivity contribution in [3.63, 3.8) is 0 Å². The first-order valence-electron chi connectivity index (χ1n) is 7.16. The van der Waals surface area contributed by atoms with Gasteiger partial charge in [-0.15, -0.1) is 0 Å². The van der Waals surface area contributed by atoms with Gasteiger partial charge in [0.05, 0.1) is 0 Å². The number of nitrogens with one attached hydrogen (secondary N) is 1. The van der Waals surface area contributed by atoms with Gasteiger partial charge in [-0.3, -0.25) is 0 Å². The molecule has 0 bridgehead atoms. The van der Waals surface area contributed by atoms with E-state index in [0.717, 1.165) is 35.8 Å². The Labute approximate surface area is 105 Å². The van der Waals surface area contributed by atoms with E-state index in [1.165, 1.54) is 19.3 Å². The molecule has 0 aliphatic heterocycles. The monoisotopic (exact) mass is 229 g/mol. The molecule has 1 N–H and O–H groups in total. The maximum absolute atomic E-state index is 3.78. The van der Waals surface area contributed by atoms with Crippen molar-refractivity contribution >= 4 is 0 Å². The fraction of sp³-hybridized carbons (Fsp3) is 0.625. The Hall–Kier alpha value is -0.820. The molecule has 1 aromatic carbocycles. The lowest BCUT2D eigenvalue weighted by Gasteiger charge is -2.53. The van der Waals surface area contributed by atoms with Crippen molar-refractivity contribution < 1.29 is 1.43 Å². The van der Waals surface area contributed by atoms with Crippen LogP contribution in [0.25, 0.3) is 0 Å². The molecule has 1 aromatic rings. The highest BCUT2D eigenvalue weighted by Crippen LogP contribution is 2.79. The molecule has 5 atom stereocenters. The summed E-state index contributed by atoms with van der Waals surface area (Å²) in [6.07, 6.45) is 4.49. The zero-order valence-corrected chi connectivity index (χ0v) is 10.5. The first-order chi connectivity index (χ1) is 8.38. The van der Waals surface area contributed by atoms with Crippen LogP contribution < -0.4 is 5.32 Å². The highest BCUT2D eigenvalue weighted by Gasteiger charge is 2.76. The van der Waals surface area contributed by atoms with Crippen molar-refractivity contribution in [3.05, 3.63) is 35.9 Å². The molecule has 4 rings (SSSR count). The molecule has 0 heterocycles. The number of rotatable bonds is 3. The summed E-state index contributed by atoms with van der Waals surface area (Å²) in [6, 6.07) is 12.0. The molecule has 92 valence electrons. The standard InChI is InChI=1S/C16H21N.H2/c1-2-17-15-14(11-6-4-3-5-7-11)13-9-8-12-10-16(12,13)15;/h3-7,12-15,17H,2,8-10H2,1H3;1H. The van der Waals surface area contributed by atoms with Gasteiger partial charge in [-0.05, 0) is 48.6 Å². The van der Waals surface area contributed by atoms with Crippen molar-refractivity contribution in [1.82, 2.24) is 5.32 Å². The van der Waals surface area contributed by atoms with Gasteiger partial charge in [-0.1, -0.05) is 37.3 Å². The van der Waals surface area contributed by atoms with Crippen LogP contribution in [-0.4, -0.2) is 12.6 Å². The molecule has 0 aromatic heterocycles. The van der Waals surface area contributed by atoms with Crippen LogP contribution in [0.15, 0.2) is 30.3 Å². The molecule has 1 nitrogen and oxygen atoms in total. The predicted octanol–water partition coefficient (Wildman–Crippen LogP) is 3.42. The minimum absolute atomic E-state index is 0. The van der Waals surface area contributed by atoms with Crippen molar-refractivity contribution in [2.45, 2.75) is 38.1 Å². The van der Waals surface area contributed by atoms with Crippen molar-refractivity contribution in [3.8, 4) is 0 Å². The molecule has 1 heteroatoms. The average Bonchev–Trinajstić information content (AvgIpc) is 3.04. The van der Waals surface area contributed by atoms with Crippen molar-refractivity contribution in [1.29, 1.82) is 0 Å². The topological polar surface area (TPSA) is 12.0 Å². The van der Waals surface area contributed by atoms with Crippen LogP contribution in [0.4, 0.5) is 0 Å². The summed E-state index contributed by atoms with van der Waals surface area (Å²) in [5, 5.41) is 3.78. The van der Waals surface area contributed by atoms with Gasteiger partial charge in [0.15, 0.2) is 0 Å². The predicted molar refractivity (Wildman–Crippen MR) is 72.0 cm³/mol. The third kappa shape index (κ3) is 1.14. The van der Waals surface area contributed by atoms with Gasteiger partial charge in [-0.2, -0.15) is 0 Å². The molecule has 3 saturated carbocycles. The van der Waals surface area contributed by atoms with Crippen LogP contribution >= 0.6 is 0 Å². The van der Waals surface area contributed by atoms with Crippen LogP contribution in [0.3, 0.4) is 0 Å². The van der Waals surface area contributed by atoms with E-state index in [-0.39, 0.29) is 1.43 Å². The fourth-order valence-corrected chi connectivity index (χ4v) is 5.05. The number of hydrogen-bond acceptors (Lipinski definition) is 1. The van der Waals surface area contributed by atoms with Crippen molar-refractivity contribution in [2.75, 3.05) is 6.54 Å². The summed E-state index contributed by atoms with van der Waals surface area (Å²) in [6.45, 7) is 3.37. The van der Waals surface area contributed by atoms with E-state index in [9.17, 15) is 0 Å². The summed E-state index contributed by atoms with van der Waals surface area (Å²) >= 11 is 0. The summed E-state index contributed by atoms with van der Waals surface area (Å²) in [5.41, 5.74) is 2.30. The lowest BCUT2D eigenvalue weighted by molar-refractivity contribution is 0.0542. The van der Waals surface area contributed by atoms with Gasteiger partial charge in [0.1, 0.15) is 0 Å². The van der Waals surface area contributed by atoms with Gasteiger partial charge in [0.25, 0.3) is 0 Å². The quantitative estimate of drug-likeness (QED) is 0.837. The van der Waals surface area contributed by atoms with Gasteiger partial charge in [0, 0.05) is 13.4 Å². The van der Waals surface area contributed by atoms with Gasteiger partial charge < -0.3 is 5.32 Å². The summed E-state index contributed by atoms with van der Waals surface area (Å²) in [5.74, 6) is 2.85. The van der Waals surface area contributed by atoms with Crippen LogP contribution in [0.5, 0.6) is 0 Å². The molecule has 3 fully saturated rings. The van der Waals surface area contributed by atoms with E-state index >= 15 is 0 Å². The molecule has 3 aliphatic carbocycles. The molecule has 0 amide bonds. The van der Waals surface area contributed by atoms with E-state index in [2.05, 4.69) is 42.6 Å². The van der Waals surface area contributed by atoms with Crippen LogP contribution in [-0.2, 0) is 0 Å². The van der Waals surface area contributed by atoms with Crippen LogP contribution in [0.1, 0.15) is 39.1 Å². The molecule has 17 heavy (non-hydrogen) atoms. The van der Waals surface area contributed by atoms with Crippen LogP contribution in [0.2, 0.25) is 0 Å². The number of benzene rings is 1. The first-order valence-corrected chi connectivity index (χ1v) is 7.16. The first kappa shape index (κ1) is 10.1. The Morgan fingerprint density at radius 1 is 1.29 bits per heavy atom. The Kier molecular flexibility index (Phi) is 2.00. The second-order valence-electron chi connectivity index (χ2n) is 6.17.